The molecule has 27 heavy (non-hydrogen) atoms. The van der Waals surface area contributed by atoms with Crippen LogP contribution in [-0.4, -0.2) is 42.1 Å². The molecule has 2 heterocycles. The zero-order valence-electron chi connectivity index (χ0n) is 15.9. The smallest absolute Gasteiger partial charge is 0.321 e. The summed E-state index contributed by atoms with van der Waals surface area (Å²) in [4.78, 5) is 20.8. The molecule has 146 valence electrons. The van der Waals surface area contributed by atoms with E-state index in [1.165, 1.54) is 5.56 Å². The average Bonchev–Trinajstić information content (AvgIpc) is 2.62. The lowest BCUT2D eigenvalue weighted by atomic mass is 9.87. The largest absolute Gasteiger partial charge is 0.352 e. The van der Waals surface area contributed by atoms with Crippen molar-refractivity contribution in [2.24, 2.45) is 0 Å². The maximum Gasteiger partial charge on any atom is 0.321 e. The lowest BCUT2D eigenvalue weighted by Crippen LogP contribution is -2.50. The van der Waals surface area contributed by atoms with E-state index in [-0.39, 0.29) is 23.9 Å². The molecule has 1 saturated heterocycles. The molecule has 0 aliphatic carbocycles. The van der Waals surface area contributed by atoms with E-state index in [0.717, 1.165) is 11.5 Å². The topological polar surface area (TPSA) is 48.5 Å². The molecule has 0 saturated carbocycles. The number of hydrogen-bond acceptors (Lipinski definition) is 3. The van der Waals surface area contributed by atoms with E-state index in [4.69, 9.17) is 11.6 Å². The highest BCUT2D eigenvalue weighted by Gasteiger charge is 2.23. The molecular weight excluding hydrogens is 383 g/mol. The fourth-order valence-corrected chi connectivity index (χ4v) is 3.23. The Morgan fingerprint density at radius 2 is 1.70 bits per heavy atom. The Kier molecular flexibility index (Phi) is 6.95. The molecule has 0 atom stereocenters. The molecule has 7 heteroatoms. The van der Waals surface area contributed by atoms with Gasteiger partial charge in [-0.05, 0) is 35.2 Å². The second kappa shape index (κ2) is 8.81. The number of urea groups is 1. The number of pyridine rings is 1. The Hall–Kier alpha value is -1.98. The third kappa shape index (κ3) is 5.27. The molecule has 2 aromatic rings. The van der Waals surface area contributed by atoms with Crippen LogP contribution in [0, 0.1) is 0 Å². The normalized spacial score (nSPS) is 14.5. The van der Waals surface area contributed by atoms with Crippen molar-refractivity contribution in [3.05, 3.63) is 53.2 Å². The molecule has 1 aliphatic rings. The molecule has 0 unspecified atom stereocenters. The minimum Gasteiger partial charge on any atom is -0.352 e. The number of halogens is 2. The summed E-state index contributed by atoms with van der Waals surface area (Å²) in [5.74, 6) is 0.784. The van der Waals surface area contributed by atoms with Crippen LogP contribution in [-0.2, 0) is 5.41 Å². The molecule has 0 spiro atoms. The molecule has 1 fully saturated rings. The van der Waals surface area contributed by atoms with Crippen LogP contribution in [0.4, 0.5) is 16.3 Å². The average molecular weight is 409 g/mol. The van der Waals surface area contributed by atoms with E-state index in [9.17, 15) is 4.79 Å². The van der Waals surface area contributed by atoms with Gasteiger partial charge >= 0.3 is 6.03 Å². The van der Waals surface area contributed by atoms with Crippen molar-refractivity contribution in [1.29, 1.82) is 0 Å². The Bertz CT molecular complexity index is 766. The Morgan fingerprint density at radius 3 is 2.26 bits per heavy atom. The number of benzene rings is 1. The number of amides is 2. The van der Waals surface area contributed by atoms with Crippen molar-refractivity contribution >= 4 is 41.5 Å². The number of aromatic nitrogens is 1. The SMILES string of the molecule is CC(C)(C)c1ccc(NC(=O)N2CCN(c3ncccc3Cl)CC2)cc1.Cl. The molecule has 1 aliphatic heterocycles. The van der Waals surface area contributed by atoms with Gasteiger partial charge in [-0.15, -0.1) is 12.4 Å². The minimum atomic E-state index is -0.0692. The van der Waals surface area contributed by atoms with Gasteiger partial charge in [-0.1, -0.05) is 44.5 Å². The summed E-state index contributed by atoms with van der Waals surface area (Å²) >= 11 is 6.21. The molecule has 1 N–H and O–H groups in total. The maximum atomic E-state index is 12.5. The van der Waals surface area contributed by atoms with Crippen LogP contribution < -0.4 is 10.2 Å². The van der Waals surface area contributed by atoms with E-state index in [0.29, 0.717) is 31.2 Å². The van der Waals surface area contributed by atoms with Gasteiger partial charge in [0.1, 0.15) is 5.82 Å². The van der Waals surface area contributed by atoms with E-state index >= 15 is 0 Å². The number of anilines is 2. The highest BCUT2D eigenvalue weighted by Crippen LogP contribution is 2.25. The lowest BCUT2D eigenvalue weighted by Gasteiger charge is -2.35. The third-order valence-electron chi connectivity index (χ3n) is 4.61. The predicted octanol–water partition coefficient (Wildman–Crippen LogP) is 4.81. The second-order valence-electron chi connectivity index (χ2n) is 7.54. The molecule has 1 aromatic carbocycles. The molecule has 0 radical (unpaired) electrons. The summed E-state index contributed by atoms with van der Waals surface area (Å²) in [5.41, 5.74) is 2.17. The van der Waals surface area contributed by atoms with Crippen LogP contribution in [0.25, 0.3) is 0 Å². The van der Waals surface area contributed by atoms with Crippen molar-refractivity contribution in [1.82, 2.24) is 9.88 Å². The van der Waals surface area contributed by atoms with E-state index in [1.807, 2.05) is 29.2 Å². The summed E-state index contributed by atoms with van der Waals surface area (Å²) in [5, 5.41) is 3.63. The van der Waals surface area contributed by atoms with Gasteiger partial charge in [0.05, 0.1) is 5.02 Å². The minimum absolute atomic E-state index is 0. The lowest BCUT2D eigenvalue weighted by molar-refractivity contribution is 0.208. The highest BCUT2D eigenvalue weighted by molar-refractivity contribution is 6.32. The highest BCUT2D eigenvalue weighted by atomic mass is 35.5. The van der Waals surface area contributed by atoms with E-state index in [2.05, 4.69) is 48.1 Å². The van der Waals surface area contributed by atoms with Crippen LogP contribution >= 0.6 is 24.0 Å². The first-order valence-corrected chi connectivity index (χ1v) is 9.24. The summed E-state index contributed by atoms with van der Waals surface area (Å²) in [6.07, 6.45) is 1.74. The van der Waals surface area contributed by atoms with Crippen molar-refractivity contribution in [3.8, 4) is 0 Å². The third-order valence-corrected chi connectivity index (χ3v) is 4.90. The second-order valence-corrected chi connectivity index (χ2v) is 7.95. The van der Waals surface area contributed by atoms with Gasteiger partial charge in [0.2, 0.25) is 0 Å². The van der Waals surface area contributed by atoms with Gasteiger partial charge in [0, 0.05) is 38.1 Å². The van der Waals surface area contributed by atoms with Gasteiger partial charge in [0.25, 0.3) is 0 Å². The Morgan fingerprint density at radius 1 is 1.07 bits per heavy atom. The first-order valence-electron chi connectivity index (χ1n) is 8.86. The summed E-state index contributed by atoms with van der Waals surface area (Å²) in [7, 11) is 0. The molecule has 3 rings (SSSR count). The fourth-order valence-electron chi connectivity index (χ4n) is 2.99. The fraction of sp³-hybridized carbons (Fsp3) is 0.400. The van der Waals surface area contributed by atoms with Gasteiger partial charge in [-0.2, -0.15) is 0 Å². The summed E-state index contributed by atoms with van der Waals surface area (Å²) in [6.45, 7) is 9.23. The standard InChI is InChI=1S/C20H25ClN4O.ClH/c1-20(2,3)15-6-8-16(9-7-15)23-19(26)25-13-11-24(12-14-25)18-17(21)5-4-10-22-18;/h4-10H,11-14H2,1-3H3,(H,23,26);1H. The predicted molar refractivity (Wildman–Crippen MR) is 114 cm³/mol. The molecule has 5 nitrogen and oxygen atoms in total. The molecule has 1 aromatic heterocycles. The Labute approximate surface area is 172 Å². The molecular formula is C20H26Cl2N4O. The van der Waals surface area contributed by atoms with Crippen LogP contribution in [0.15, 0.2) is 42.6 Å². The molecule has 0 bridgehead atoms. The van der Waals surface area contributed by atoms with Gasteiger partial charge < -0.3 is 15.1 Å². The Balaban J connectivity index is 0.00000261. The summed E-state index contributed by atoms with van der Waals surface area (Å²) in [6, 6.07) is 11.6. The number of carbonyl (C=O) groups is 1. The number of carbonyl (C=O) groups excluding carboxylic acids is 1. The van der Waals surface area contributed by atoms with Crippen LogP contribution in [0.3, 0.4) is 0 Å². The number of rotatable bonds is 2. The number of nitrogens with zero attached hydrogens (tertiary/aromatic N) is 3. The van der Waals surface area contributed by atoms with Crippen molar-refractivity contribution in [2.45, 2.75) is 26.2 Å². The number of piperazine rings is 1. The van der Waals surface area contributed by atoms with Crippen LogP contribution in [0.2, 0.25) is 5.02 Å². The quantitative estimate of drug-likeness (QED) is 0.775. The molecule has 2 amide bonds. The number of nitrogens with one attached hydrogen (secondary N) is 1. The van der Waals surface area contributed by atoms with E-state index in [1.54, 1.807) is 6.20 Å². The van der Waals surface area contributed by atoms with Gasteiger partial charge in [0.15, 0.2) is 0 Å². The van der Waals surface area contributed by atoms with E-state index < -0.39 is 0 Å². The zero-order chi connectivity index (χ0) is 18.7. The van der Waals surface area contributed by atoms with Crippen molar-refractivity contribution in [2.75, 3.05) is 36.4 Å². The van der Waals surface area contributed by atoms with Gasteiger partial charge in [-0.25, -0.2) is 9.78 Å². The van der Waals surface area contributed by atoms with Gasteiger partial charge in [-0.3, -0.25) is 0 Å². The van der Waals surface area contributed by atoms with Crippen LogP contribution in [0.1, 0.15) is 26.3 Å². The monoisotopic (exact) mass is 408 g/mol. The van der Waals surface area contributed by atoms with Crippen LogP contribution in [0.5, 0.6) is 0 Å². The van der Waals surface area contributed by atoms with Crippen molar-refractivity contribution in [3.63, 3.8) is 0 Å². The zero-order valence-corrected chi connectivity index (χ0v) is 17.5. The first-order chi connectivity index (χ1) is 12.3. The first kappa shape index (κ1) is 21.3. The summed E-state index contributed by atoms with van der Waals surface area (Å²) < 4.78 is 0. The maximum absolute atomic E-state index is 12.5. The van der Waals surface area contributed by atoms with Crippen molar-refractivity contribution < 1.29 is 4.79 Å². The number of hydrogen-bond donors (Lipinski definition) is 1.